The van der Waals surface area contributed by atoms with Crippen molar-refractivity contribution >= 4 is 11.4 Å². The highest BCUT2D eigenvalue weighted by atomic mass is 16.5. The summed E-state index contributed by atoms with van der Waals surface area (Å²) in [5.74, 6) is 1.63. The number of methoxy groups -OCH3 is 2. The van der Waals surface area contributed by atoms with Crippen molar-refractivity contribution in [1.29, 1.82) is 0 Å². The average Bonchev–Trinajstić information content (AvgIpc) is 2.42. The van der Waals surface area contributed by atoms with E-state index in [9.17, 15) is 0 Å². The zero-order valence-electron chi connectivity index (χ0n) is 12.4. The SMILES string of the molecule is CNc1c(OC)nnc(OC)c1NCCCC(C)C. The Bertz CT molecular complexity index is 396. The minimum absolute atomic E-state index is 0.453. The van der Waals surface area contributed by atoms with Crippen molar-refractivity contribution in [2.45, 2.75) is 26.7 Å². The highest BCUT2D eigenvalue weighted by Crippen LogP contribution is 2.35. The topological polar surface area (TPSA) is 68.3 Å². The molecule has 0 aliphatic rings. The van der Waals surface area contributed by atoms with Crippen LogP contribution in [0, 0.1) is 5.92 Å². The molecule has 0 aliphatic heterocycles. The minimum Gasteiger partial charge on any atom is -0.478 e. The van der Waals surface area contributed by atoms with Crippen molar-refractivity contribution in [1.82, 2.24) is 10.2 Å². The van der Waals surface area contributed by atoms with Crippen LogP contribution >= 0.6 is 0 Å². The fourth-order valence-corrected chi connectivity index (χ4v) is 1.81. The number of nitrogens with zero attached hydrogens (tertiary/aromatic N) is 2. The summed E-state index contributed by atoms with van der Waals surface area (Å²) in [5.41, 5.74) is 1.56. The summed E-state index contributed by atoms with van der Waals surface area (Å²) in [6, 6.07) is 0. The smallest absolute Gasteiger partial charge is 0.259 e. The van der Waals surface area contributed by atoms with Crippen LogP contribution in [0.5, 0.6) is 11.8 Å². The predicted molar refractivity (Wildman–Crippen MR) is 77.2 cm³/mol. The summed E-state index contributed by atoms with van der Waals surface area (Å²) >= 11 is 0. The number of anilines is 2. The van der Waals surface area contributed by atoms with Gasteiger partial charge < -0.3 is 20.1 Å². The molecule has 0 bridgehead atoms. The minimum atomic E-state index is 0.453. The largest absolute Gasteiger partial charge is 0.478 e. The Labute approximate surface area is 114 Å². The Morgan fingerprint density at radius 1 is 1.05 bits per heavy atom. The molecule has 0 saturated heterocycles. The van der Waals surface area contributed by atoms with Gasteiger partial charge in [0.05, 0.1) is 14.2 Å². The third-order valence-electron chi connectivity index (χ3n) is 2.81. The predicted octanol–water partition coefficient (Wildman–Crippen LogP) is 2.38. The Kier molecular flexibility index (Phi) is 6.18. The zero-order valence-corrected chi connectivity index (χ0v) is 12.4. The fraction of sp³-hybridized carbons (Fsp3) is 0.692. The zero-order chi connectivity index (χ0) is 14.3. The molecule has 0 fully saturated rings. The first kappa shape index (κ1) is 15.3. The van der Waals surface area contributed by atoms with Crippen LogP contribution in [0.25, 0.3) is 0 Å². The van der Waals surface area contributed by atoms with Gasteiger partial charge in [-0.2, -0.15) is 0 Å². The molecule has 1 rings (SSSR count). The van der Waals surface area contributed by atoms with Gasteiger partial charge in [0.2, 0.25) is 0 Å². The molecular weight excluding hydrogens is 244 g/mol. The van der Waals surface area contributed by atoms with Crippen LogP contribution in [0.3, 0.4) is 0 Å². The lowest BCUT2D eigenvalue weighted by Gasteiger charge is -2.16. The van der Waals surface area contributed by atoms with E-state index in [1.807, 2.05) is 7.05 Å². The maximum absolute atomic E-state index is 5.23. The van der Waals surface area contributed by atoms with Gasteiger partial charge >= 0.3 is 0 Å². The molecule has 1 heterocycles. The highest BCUT2D eigenvalue weighted by Gasteiger charge is 2.16. The second-order valence-corrected chi connectivity index (χ2v) is 4.68. The van der Waals surface area contributed by atoms with Gasteiger partial charge in [0.1, 0.15) is 11.4 Å². The standard InChI is InChI=1S/C13H24N4O2/c1-9(2)7-6-8-15-11-10(14-3)12(18-4)16-17-13(11)19-5/h9H,6-8H2,1-5H3,(H,14,17)(H,15,16). The molecule has 0 spiro atoms. The quantitative estimate of drug-likeness (QED) is 0.706. The van der Waals surface area contributed by atoms with Crippen molar-refractivity contribution in [3.63, 3.8) is 0 Å². The third kappa shape index (κ3) is 4.15. The maximum Gasteiger partial charge on any atom is 0.259 e. The van der Waals surface area contributed by atoms with Crippen molar-refractivity contribution in [2.24, 2.45) is 5.92 Å². The van der Waals surface area contributed by atoms with Gasteiger partial charge in [-0.1, -0.05) is 13.8 Å². The fourth-order valence-electron chi connectivity index (χ4n) is 1.81. The molecule has 6 heteroatoms. The molecule has 0 aliphatic carbocycles. The van der Waals surface area contributed by atoms with Crippen molar-refractivity contribution in [2.75, 3.05) is 38.4 Å². The van der Waals surface area contributed by atoms with Crippen LogP contribution in [0.2, 0.25) is 0 Å². The molecule has 1 aromatic heterocycles. The van der Waals surface area contributed by atoms with E-state index in [2.05, 4.69) is 34.7 Å². The van der Waals surface area contributed by atoms with E-state index in [-0.39, 0.29) is 0 Å². The Balaban J connectivity index is 2.83. The lowest BCUT2D eigenvalue weighted by molar-refractivity contribution is 0.371. The Hall–Kier alpha value is -1.72. The van der Waals surface area contributed by atoms with Crippen LogP contribution < -0.4 is 20.1 Å². The molecule has 0 saturated carbocycles. The Morgan fingerprint density at radius 2 is 1.63 bits per heavy atom. The van der Waals surface area contributed by atoms with E-state index >= 15 is 0 Å². The molecule has 1 aromatic rings. The van der Waals surface area contributed by atoms with E-state index in [1.165, 1.54) is 6.42 Å². The maximum atomic E-state index is 5.23. The van der Waals surface area contributed by atoms with Crippen LogP contribution in [-0.2, 0) is 0 Å². The van der Waals surface area contributed by atoms with Gasteiger partial charge in [0.15, 0.2) is 0 Å². The summed E-state index contributed by atoms with van der Waals surface area (Å²) in [6.45, 7) is 5.30. The number of ether oxygens (including phenoxy) is 2. The summed E-state index contributed by atoms with van der Waals surface area (Å²) in [5, 5.41) is 14.4. The van der Waals surface area contributed by atoms with Crippen molar-refractivity contribution < 1.29 is 9.47 Å². The highest BCUT2D eigenvalue weighted by molar-refractivity contribution is 5.77. The van der Waals surface area contributed by atoms with E-state index in [1.54, 1.807) is 14.2 Å². The van der Waals surface area contributed by atoms with Crippen LogP contribution in [-0.4, -0.2) is 38.0 Å². The average molecular weight is 268 g/mol. The van der Waals surface area contributed by atoms with Gasteiger partial charge in [0, 0.05) is 13.6 Å². The lowest BCUT2D eigenvalue weighted by atomic mass is 10.1. The monoisotopic (exact) mass is 268 g/mol. The van der Waals surface area contributed by atoms with Gasteiger partial charge in [-0.25, -0.2) is 0 Å². The molecule has 0 radical (unpaired) electrons. The summed E-state index contributed by atoms with van der Waals surface area (Å²) in [4.78, 5) is 0. The van der Waals surface area contributed by atoms with Gasteiger partial charge in [-0.3, -0.25) is 0 Å². The van der Waals surface area contributed by atoms with Crippen molar-refractivity contribution in [3.8, 4) is 11.8 Å². The van der Waals surface area contributed by atoms with E-state index in [0.717, 1.165) is 24.3 Å². The molecule has 6 nitrogen and oxygen atoms in total. The normalized spacial score (nSPS) is 10.4. The molecule has 0 unspecified atom stereocenters. The van der Waals surface area contributed by atoms with Gasteiger partial charge in [0.25, 0.3) is 11.8 Å². The summed E-state index contributed by atoms with van der Waals surface area (Å²) in [6.07, 6.45) is 2.27. The third-order valence-corrected chi connectivity index (χ3v) is 2.81. The number of aromatic nitrogens is 2. The van der Waals surface area contributed by atoms with E-state index < -0.39 is 0 Å². The first-order valence-corrected chi connectivity index (χ1v) is 6.54. The number of hydrogen-bond donors (Lipinski definition) is 2. The number of nitrogens with one attached hydrogen (secondary N) is 2. The second-order valence-electron chi connectivity index (χ2n) is 4.68. The molecule has 19 heavy (non-hydrogen) atoms. The summed E-state index contributed by atoms with van der Waals surface area (Å²) < 4.78 is 10.4. The number of hydrogen-bond acceptors (Lipinski definition) is 6. The number of rotatable bonds is 8. The van der Waals surface area contributed by atoms with Gasteiger partial charge in [-0.05, 0) is 18.8 Å². The molecule has 2 N–H and O–H groups in total. The Morgan fingerprint density at radius 3 is 2.11 bits per heavy atom. The van der Waals surface area contributed by atoms with Gasteiger partial charge in [-0.15, -0.1) is 10.2 Å². The molecule has 0 atom stereocenters. The van der Waals surface area contributed by atoms with Crippen LogP contribution in [0.15, 0.2) is 0 Å². The first-order valence-electron chi connectivity index (χ1n) is 6.54. The van der Waals surface area contributed by atoms with E-state index in [4.69, 9.17) is 9.47 Å². The van der Waals surface area contributed by atoms with Crippen molar-refractivity contribution in [3.05, 3.63) is 0 Å². The van der Waals surface area contributed by atoms with E-state index in [0.29, 0.717) is 17.7 Å². The lowest BCUT2D eigenvalue weighted by Crippen LogP contribution is -2.10. The second kappa shape index (κ2) is 7.66. The molecule has 0 amide bonds. The molecule has 108 valence electrons. The molecule has 0 aromatic carbocycles. The van der Waals surface area contributed by atoms with Crippen LogP contribution in [0.1, 0.15) is 26.7 Å². The first-order chi connectivity index (χ1) is 9.13. The van der Waals surface area contributed by atoms with Crippen LogP contribution in [0.4, 0.5) is 11.4 Å². The summed E-state index contributed by atoms with van der Waals surface area (Å²) in [7, 11) is 4.97. The molecular formula is C13H24N4O2.